The van der Waals surface area contributed by atoms with E-state index < -0.39 is 0 Å². The van der Waals surface area contributed by atoms with Crippen LogP contribution in [-0.2, 0) is 9.59 Å². The van der Waals surface area contributed by atoms with Crippen LogP contribution in [0.15, 0.2) is 0 Å². The number of hydrazine groups is 1. The highest BCUT2D eigenvalue weighted by atomic mass is 32.2. The number of piperazine rings is 1. The van der Waals surface area contributed by atoms with Crippen LogP contribution < -0.4 is 16.2 Å². The van der Waals surface area contributed by atoms with Crippen LogP contribution in [0.3, 0.4) is 0 Å². The number of hydrogen-bond acceptors (Lipinski definition) is 4. The van der Waals surface area contributed by atoms with Gasteiger partial charge in [-0.05, 0) is 13.3 Å². The van der Waals surface area contributed by atoms with Crippen LogP contribution in [-0.4, -0.2) is 53.0 Å². The predicted octanol–water partition coefficient (Wildman–Crippen LogP) is -0.885. The van der Waals surface area contributed by atoms with Crippen molar-refractivity contribution in [2.24, 2.45) is 5.84 Å². The average Bonchev–Trinajstić information content (AvgIpc) is 2.85. The number of unbranched alkanes of at least 4 members (excludes halogenated alkanes) is 2. The molecule has 2 fully saturated rings. The third kappa shape index (κ3) is 3.35. The molecule has 2 amide bonds. The zero-order valence-corrected chi connectivity index (χ0v) is 13.8. The number of nitrogens with two attached hydrogens (primary N) is 1. The van der Waals surface area contributed by atoms with Gasteiger partial charge in [0.15, 0.2) is 6.54 Å². The van der Waals surface area contributed by atoms with Gasteiger partial charge in [-0.3, -0.25) is 15.0 Å². The Bertz CT molecular complexity index is 406. The normalized spacial score (nSPS) is 32.1. The van der Waals surface area contributed by atoms with E-state index in [1.54, 1.807) is 11.8 Å². The summed E-state index contributed by atoms with van der Waals surface area (Å²) < 4.78 is 0. The van der Waals surface area contributed by atoms with Crippen molar-refractivity contribution in [1.82, 2.24) is 10.3 Å². The lowest BCUT2D eigenvalue weighted by Gasteiger charge is -2.48. The number of hydrogen-bond donors (Lipinski definition) is 3. The van der Waals surface area contributed by atoms with Gasteiger partial charge in [-0.1, -0.05) is 19.8 Å². The van der Waals surface area contributed by atoms with Crippen molar-refractivity contribution >= 4 is 23.6 Å². The smallest absolute Gasteiger partial charge is 0.289 e. The van der Waals surface area contributed by atoms with Crippen molar-refractivity contribution in [2.75, 3.05) is 25.4 Å². The van der Waals surface area contributed by atoms with Gasteiger partial charge in [0.1, 0.15) is 10.9 Å². The molecule has 2 heterocycles. The van der Waals surface area contributed by atoms with Crippen LogP contribution in [0.25, 0.3) is 0 Å². The Hall–Kier alpha value is -0.790. The fraction of sp³-hybridized carbons (Fsp3) is 0.857. The first-order valence-corrected chi connectivity index (χ1v) is 8.83. The second-order valence-corrected chi connectivity index (χ2v) is 7.29. The molecule has 2 saturated heterocycles. The lowest BCUT2D eigenvalue weighted by molar-refractivity contribution is -0.950. The Balaban J connectivity index is 2.15. The third-order valence-electron chi connectivity index (χ3n) is 4.81. The Morgan fingerprint density at radius 1 is 1.57 bits per heavy atom. The summed E-state index contributed by atoms with van der Waals surface area (Å²) >= 11 is 1.73. The van der Waals surface area contributed by atoms with E-state index >= 15 is 0 Å². The number of rotatable bonds is 6. The predicted molar refractivity (Wildman–Crippen MR) is 83.5 cm³/mol. The molecule has 0 aliphatic carbocycles. The minimum atomic E-state index is -0.130. The third-order valence-corrected chi connectivity index (χ3v) is 6.31. The van der Waals surface area contributed by atoms with E-state index in [1.807, 2.05) is 4.90 Å². The molecular formula is C14H27N4O2S+. The fourth-order valence-corrected chi connectivity index (χ4v) is 5.04. The SMILES string of the molecule is CCCCC[C@]1(C)[C@H]2SCC(=O)N2CC[NH+]1CC(=O)NN. The number of amides is 2. The molecule has 4 N–H and O–H groups in total. The minimum Gasteiger partial charge on any atom is -0.319 e. The largest absolute Gasteiger partial charge is 0.319 e. The zero-order valence-electron chi connectivity index (χ0n) is 13.0. The van der Waals surface area contributed by atoms with Crippen LogP contribution in [0.5, 0.6) is 0 Å². The first-order valence-electron chi connectivity index (χ1n) is 7.78. The summed E-state index contributed by atoms with van der Waals surface area (Å²) in [6.07, 6.45) is 4.54. The Kier molecular flexibility index (Phi) is 5.51. The van der Waals surface area contributed by atoms with Crippen LogP contribution in [0.2, 0.25) is 0 Å². The van der Waals surface area contributed by atoms with Gasteiger partial charge in [-0.15, -0.1) is 11.8 Å². The van der Waals surface area contributed by atoms with Crippen LogP contribution in [0.1, 0.15) is 39.5 Å². The van der Waals surface area contributed by atoms with Gasteiger partial charge in [0, 0.05) is 6.42 Å². The molecule has 1 unspecified atom stereocenters. The van der Waals surface area contributed by atoms with E-state index in [0.717, 1.165) is 25.9 Å². The molecule has 0 bridgehead atoms. The summed E-state index contributed by atoms with van der Waals surface area (Å²) in [5, 5.41) is 0.191. The van der Waals surface area contributed by atoms with E-state index in [1.165, 1.54) is 17.7 Å². The van der Waals surface area contributed by atoms with E-state index in [-0.39, 0.29) is 22.7 Å². The topological polar surface area (TPSA) is 79.9 Å². The van der Waals surface area contributed by atoms with Crippen molar-refractivity contribution in [2.45, 2.75) is 50.4 Å². The lowest BCUT2D eigenvalue weighted by atomic mass is 9.89. The summed E-state index contributed by atoms with van der Waals surface area (Å²) in [6.45, 7) is 6.37. The second kappa shape index (κ2) is 6.98. The van der Waals surface area contributed by atoms with Crippen molar-refractivity contribution in [3.63, 3.8) is 0 Å². The van der Waals surface area contributed by atoms with Crippen molar-refractivity contribution in [3.05, 3.63) is 0 Å². The number of carbonyl (C=O) groups is 2. The van der Waals surface area contributed by atoms with Crippen molar-refractivity contribution < 1.29 is 14.5 Å². The molecule has 0 aromatic heterocycles. The van der Waals surface area contributed by atoms with E-state index in [0.29, 0.717) is 12.3 Å². The molecule has 0 saturated carbocycles. The first kappa shape index (κ1) is 16.6. The van der Waals surface area contributed by atoms with Gasteiger partial charge in [-0.25, -0.2) is 5.84 Å². The number of fused-ring (bicyclic) bond motifs is 1. The number of quaternary nitrogens is 1. The number of thioether (sulfide) groups is 1. The van der Waals surface area contributed by atoms with Gasteiger partial charge >= 0.3 is 0 Å². The summed E-state index contributed by atoms with van der Waals surface area (Å²) in [5.74, 6) is 5.93. The molecule has 0 spiro atoms. The summed E-state index contributed by atoms with van der Waals surface area (Å²) in [5.41, 5.74) is 2.17. The molecule has 21 heavy (non-hydrogen) atoms. The molecule has 3 atom stereocenters. The van der Waals surface area contributed by atoms with Crippen LogP contribution in [0.4, 0.5) is 0 Å². The second-order valence-electron chi connectivity index (χ2n) is 6.22. The number of nitrogens with zero attached hydrogens (tertiary/aromatic N) is 1. The van der Waals surface area contributed by atoms with Crippen LogP contribution >= 0.6 is 11.8 Å². The fourth-order valence-electron chi connectivity index (χ4n) is 3.52. The standard InChI is InChI=1S/C14H26N4O2S/c1-3-4-5-6-14(2)13-18(12(20)10-21-13)8-7-17(14)9-11(19)16-15/h13H,3-10,15H2,1-2H3,(H,16,19)/p+1/t13-,14-/m1/s1. The Morgan fingerprint density at radius 2 is 2.33 bits per heavy atom. The van der Waals surface area contributed by atoms with E-state index in [4.69, 9.17) is 5.84 Å². The van der Waals surface area contributed by atoms with Gasteiger partial charge in [0.2, 0.25) is 5.91 Å². The van der Waals surface area contributed by atoms with E-state index in [9.17, 15) is 9.59 Å². The molecule has 0 aromatic carbocycles. The van der Waals surface area contributed by atoms with Crippen molar-refractivity contribution in [1.29, 1.82) is 0 Å². The Morgan fingerprint density at radius 3 is 3.00 bits per heavy atom. The summed E-state index contributed by atoms with van der Waals surface area (Å²) in [4.78, 5) is 27.0. The highest BCUT2D eigenvalue weighted by Crippen LogP contribution is 2.35. The molecule has 0 aromatic rings. The van der Waals surface area contributed by atoms with Crippen LogP contribution in [0, 0.1) is 0 Å². The minimum absolute atomic E-state index is 0.0727. The molecule has 120 valence electrons. The lowest BCUT2D eigenvalue weighted by Crippen LogP contribution is -3.24. The molecule has 6 nitrogen and oxygen atoms in total. The Labute approximate surface area is 130 Å². The molecule has 7 heteroatoms. The molecule has 0 radical (unpaired) electrons. The molecular weight excluding hydrogens is 288 g/mol. The first-order chi connectivity index (χ1) is 10.0. The maximum atomic E-state index is 12.0. The monoisotopic (exact) mass is 315 g/mol. The number of nitrogens with one attached hydrogen (secondary N) is 2. The van der Waals surface area contributed by atoms with Gasteiger partial charge < -0.3 is 9.80 Å². The zero-order chi connectivity index (χ0) is 15.5. The highest BCUT2D eigenvalue weighted by Gasteiger charge is 2.54. The highest BCUT2D eigenvalue weighted by molar-refractivity contribution is 8.01. The van der Waals surface area contributed by atoms with E-state index in [2.05, 4.69) is 19.3 Å². The van der Waals surface area contributed by atoms with Crippen molar-refractivity contribution in [3.8, 4) is 0 Å². The van der Waals surface area contributed by atoms with Gasteiger partial charge in [-0.2, -0.15) is 0 Å². The molecule has 2 rings (SSSR count). The summed E-state index contributed by atoms with van der Waals surface area (Å²) in [6, 6.07) is 0. The quantitative estimate of drug-likeness (QED) is 0.257. The molecule has 2 aliphatic heterocycles. The maximum absolute atomic E-state index is 12.0. The maximum Gasteiger partial charge on any atom is 0.289 e. The molecule has 2 aliphatic rings. The summed E-state index contributed by atoms with van der Waals surface area (Å²) in [7, 11) is 0. The number of carbonyl (C=O) groups excluding carboxylic acids is 2. The van der Waals surface area contributed by atoms with Gasteiger partial charge in [0.05, 0.1) is 18.8 Å². The van der Waals surface area contributed by atoms with Gasteiger partial charge in [0.25, 0.3) is 5.91 Å². The average molecular weight is 315 g/mol.